The van der Waals surface area contributed by atoms with Crippen LogP contribution in [0.25, 0.3) is 10.6 Å². The van der Waals surface area contributed by atoms with Crippen molar-refractivity contribution in [3.63, 3.8) is 0 Å². The van der Waals surface area contributed by atoms with Crippen LogP contribution in [0.3, 0.4) is 0 Å². The Morgan fingerprint density at radius 2 is 1.77 bits per heavy atom. The molecule has 2 N–H and O–H groups in total. The van der Waals surface area contributed by atoms with Crippen LogP contribution in [0.15, 0.2) is 42.5 Å². The molecular formula is C22H22FN3O4S. The molecule has 1 aromatic heterocycles. The Balaban J connectivity index is 1.66. The van der Waals surface area contributed by atoms with E-state index in [1.165, 1.54) is 25.3 Å². The van der Waals surface area contributed by atoms with E-state index in [-0.39, 0.29) is 5.82 Å². The van der Waals surface area contributed by atoms with E-state index in [9.17, 15) is 14.0 Å². The first-order valence-electron chi connectivity index (χ1n) is 9.57. The molecule has 0 atom stereocenters. The van der Waals surface area contributed by atoms with Crippen molar-refractivity contribution in [1.29, 1.82) is 0 Å². The molecule has 2 aromatic carbocycles. The van der Waals surface area contributed by atoms with Crippen LogP contribution in [0.2, 0.25) is 0 Å². The summed E-state index contributed by atoms with van der Waals surface area (Å²) in [5.74, 6) is -0.381. The third kappa shape index (κ3) is 5.37. The zero-order chi connectivity index (χ0) is 22.4. The van der Waals surface area contributed by atoms with Gasteiger partial charge in [0.05, 0.1) is 19.4 Å². The van der Waals surface area contributed by atoms with Gasteiger partial charge in [0.1, 0.15) is 15.7 Å². The first-order chi connectivity index (χ1) is 14.9. The Morgan fingerprint density at radius 1 is 1.06 bits per heavy atom. The van der Waals surface area contributed by atoms with Crippen molar-refractivity contribution in [2.24, 2.45) is 0 Å². The van der Waals surface area contributed by atoms with E-state index < -0.39 is 11.8 Å². The summed E-state index contributed by atoms with van der Waals surface area (Å²) in [7, 11) is 1.49. The number of rotatable bonds is 7. The van der Waals surface area contributed by atoms with Gasteiger partial charge in [0, 0.05) is 11.1 Å². The smallest absolute Gasteiger partial charge is 0.281 e. The molecule has 162 valence electrons. The van der Waals surface area contributed by atoms with E-state index in [1.807, 2.05) is 6.92 Å². The molecule has 1 heterocycles. The van der Waals surface area contributed by atoms with Crippen molar-refractivity contribution in [2.75, 3.05) is 13.7 Å². The van der Waals surface area contributed by atoms with Crippen molar-refractivity contribution in [2.45, 2.75) is 20.3 Å². The molecule has 0 spiro atoms. The number of aromatic nitrogens is 1. The van der Waals surface area contributed by atoms with E-state index in [4.69, 9.17) is 9.47 Å². The number of nitrogens with one attached hydrogen (secondary N) is 2. The van der Waals surface area contributed by atoms with Gasteiger partial charge < -0.3 is 9.47 Å². The quantitative estimate of drug-likeness (QED) is 0.536. The molecule has 0 aliphatic heterocycles. The standard InChI is InChI=1S/C22H22FN3O4S/c1-4-11-30-17-10-7-15(12-18(17)29-3)20(27)25-26-21(28)19-13(2)24-22(31-19)14-5-8-16(23)9-6-14/h5-10,12H,4,11H2,1-3H3,(H,25,27)(H,26,28). The van der Waals surface area contributed by atoms with Gasteiger partial charge in [0.2, 0.25) is 0 Å². The van der Waals surface area contributed by atoms with Crippen LogP contribution in [-0.4, -0.2) is 30.5 Å². The van der Waals surface area contributed by atoms with Gasteiger partial charge in [-0.2, -0.15) is 0 Å². The van der Waals surface area contributed by atoms with Gasteiger partial charge in [0.25, 0.3) is 11.8 Å². The highest BCUT2D eigenvalue weighted by Crippen LogP contribution is 2.29. The van der Waals surface area contributed by atoms with E-state index in [0.717, 1.165) is 17.8 Å². The summed E-state index contributed by atoms with van der Waals surface area (Å²) in [6, 6.07) is 10.6. The highest BCUT2D eigenvalue weighted by Gasteiger charge is 2.18. The van der Waals surface area contributed by atoms with Gasteiger partial charge >= 0.3 is 0 Å². The van der Waals surface area contributed by atoms with Crippen LogP contribution in [0.5, 0.6) is 11.5 Å². The zero-order valence-electron chi connectivity index (χ0n) is 17.3. The predicted octanol–water partition coefficient (Wildman–Crippen LogP) is 4.13. The number of carbonyl (C=O) groups excluding carboxylic acids is 2. The van der Waals surface area contributed by atoms with Crippen LogP contribution in [0, 0.1) is 12.7 Å². The Hall–Kier alpha value is -3.46. The average Bonchev–Trinajstić information content (AvgIpc) is 3.17. The average molecular weight is 444 g/mol. The first kappa shape index (κ1) is 22.2. The molecule has 31 heavy (non-hydrogen) atoms. The van der Waals surface area contributed by atoms with Crippen LogP contribution < -0.4 is 20.3 Å². The van der Waals surface area contributed by atoms with Gasteiger partial charge in [-0.05, 0) is 55.8 Å². The van der Waals surface area contributed by atoms with E-state index in [2.05, 4.69) is 15.8 Å². The largest absolute Gasteiger partial charge is 0.493 e. The number of carbonyl (C=O) groups is 2. The number of ether oxygens (including phenoxy) is 2. The molecule has 0 radical (unpaired) electrons. The second kappa shape index (κ2) is 10.0. The number of thiazole rings is 1. The van der Waals surface area contributed by atoms with Crippen molar-refractivity contribution in [3.05, 3.63) is 64.4 Å². The molecule has 7 nitrogen and oxygen atoms in total. The van der Waals surface area contributed by atoms with E-state index in [0.29, 0.717) is 44.8 Å². The van der Waals surface area contributed by atoms with Crippen molar-refractivity contribution < 1.29 is 23.5 Å². The minimum atomic E-state index is -0.505. The Bertz CT molecular complexity index is 1080. The van der Waals surface area contributed by atoms with Crippen molar-refractivity contribution >= 4 is 23.2 Å². The topological polar surface area (TPSA) is 89.6 Å². The molecule has 0 bridgehead atoms. The Labute approximate surface area is 183 Å². The zero-order valence-corrected chi connectivity index (χ0v) is 18.1. The molecule has 0 aliphatic carbocycles. The number of hydrogen-bond acceptors (Lipinski definition) is 6. The lowest BCUT2D eigenvalue weighted by Crippen LogP contribution is -2.41. The lowest BCUT2D eigenvalue weighted by Gasteiger charge is -2.12. The lowest BCUT2D eigenvalue weighted by molar-refractivity contribution is 0.0848. The summed E-state index contributed by atoms with van der Waals surface area (Å²) < 4.78 is 24.0. The normalized spacial score (nSPS) is 10.5. The highest BCUT2D eigenvalue weighted by molar-refractivity contribution is 7.17. The minimum Gasteiger partial charge on any atom is -0.493 e. The van der Waals surface area contributed by atoms with Crippen LogP contribution in [0.4, 0.5) is 4.39 Å². The first-order valence-corrected chi connectivity index (χ1v) is 10.4. The highest BCUT2D eigenvalue weighted by atomic mass is 32.1. The van der Waals surface area contributed by atoms with Crippen LogP contribution in [0.1, 0.15) is 39.1 Å². The number of amides is 2. The molecule has 2 amide bonds. The molecule has 0 saturated heterocycles. The molecule has 3 aromatic rings. The number of nitrogens with zero attached hydrogens (tertiary/aromatic N) is 1. The number of methoxy groups -OCH3 is 1. The number of halogens is 1. The lowest BCUT2D eigenvalue weighted by atomic mass is 10.2. The van der Waals surface area contributed by atoms with Crippen molar-refractivity contribution in [1.82, 2.24) is 15.8 Å². The third-order valence-corrected chi connectivity index (χ3v) is 5.48. The van der Waals surface area contributed by atoms with E-state index >= 15 is 0 Å². The van der Waals surface area contributed by atoms with Gasteiger partial charge in [-0.15, -0.1) is 11.3 Å². The maximum absolute atomic E-state index is 13.1. The molecule has 0 unspecified atom stereocenters. The van der Waals surface area contributed by atoms with Crippen LogP contribution in [-0.2, 0) is 0 Å². The molecule has 0 aliphatic rings. The fraction of sp³-hybridized carbons (Fsp3) is 0.227. The predicted molar refractivity (Wildman–Crippen MR) is 116 cm³/mol. The number of benzene rings is 2. The minimum absolute atomic E-state index is 0.300. The van der Waals surface area contributed by atoms with Gasteiger partial charge in [-0.25, -0.2) is 9.37 Å². The Morgan fingerprint density at radius 3 is 2.45 bits per heavy atom. The molecular weight excluding hydrogens is 421 g/mol. The SMILES string of the molecule is CCCOc1ccc(C(=O)NNC(=O)c2sc(-c3ccc(F)cc3)nc2C)cc1OC. The fourth-order valence-corrected chi connectivity index (χ4v) is 3.67. The molecule has 3 rings (SSSR count). The number of hydrazine groups is 1. The summed E-state index contributed by atoms with van der Waals surface area (Å²) in [5, 5.41) is 0.585. The summed E-state index contributed by atoms with van der Waals surface area (Å²) in [4.78, 5) is 29.7. The third-order valence-electron chi connectivity index (χ3n) is 4.27. The summed E-state index contributed by atoms with van der Waals surface area (Å²) in [6.45, 7) is 4.22. The monoisotopic (exact) mass is 443 g/mol. The van der Waals surface area contributed by atoms with Gasteiger partial charge in [-0.1, -0.05) is 6.92 Å². The second-order valence-corrected chi connectivity index (χ2v) is 7.56. The van der Waals surface area contributed by atoms with Crippen LogP contribution >= 0.6 is 11.3 Å². The second-order valence-electron chi connectivity index (χ2n) is 6.56. The van der Waals surface area contributed by atoms with Gasteiger partial charge in [-0.3, -0.25) is 20.4 Å². The van der Waals surface area contributed by atoms with E-state index in [1.54, 1.807) is 31.2 Å². The number of hydrogen-bond donors (Lipinski definition) is 2. The fourth-order valence-electron chi connectivity index (χ4n) is 2.71. The molecule has 0 fully saturated rings. The Kier molecular flexibility index (Phi) is 7.19. The maximum atomic E-state index is 13.1. The van der Waals surface area contributed by atoms with Gasteiger partial charge in [0.15, 0.2) is 11.5 Å². The summed E-state index contributed by atoms with van der Waals surface area (Å²) in [6.07, 6.45) is 0.845. The van der Waals surface area contributed by atoms with Crippen molar-refractivity contribution in [3.8, 4) is 22.1 Å². The summed E-state index contributed by atoms with van der Waals surface area (Å²) in [5.41, 5.74) is 6.30. The molecule has 9 heteroatoms. The summed E-state index contributed by atoms with van der Waals surface area (Å²) >= 11 is 1.16. The maximum Gasteiger partial charge on any atom is 0.281 e. The molecule has 0 saturated carbocycles. The number of aryl methyl sites for hydroxylation is 1.